The second-order valence-corrected chi connectivity index (χ2v) is 7.83. The zero-order valence-electron chi connectivity index (χ0n) is 12.3. The van der Waals surface area contributed by atoms with E-state index in [2.05, 4.69) is 37.4 Å². The van der Waals surface area contributed by atoms with Crippen LogP contribution in [0.5, 0.6) is 0 Å². The van der Waals surface area contributed by atoms with Gasteiger partial charge in [-0.2, -0.15) is 0 Å². The van der Waals surface area contributed by atoms with Gasteiger partial charge in [-0.15, -0.1) is 0 Å². The molecule has 2 aromatic rings. The van der Waals surface area contributed by atoms with Gasteiger partial charge in [-0.05, 0) is 29.1 Å². The molecule has 0 spiro atoms. The molecule has 0 aliphatic heterocycles. The van der Waals surface area contributed by atoms with Gasteiger partial charge >= 0.3 is 0 Å². The van der Waals surface area contributed by atoms with Crippen LogP contribution in [0.2, 0.25) is 0 Å². The molecule has 0 bridgehead atoms. The second-order valence-electron chi connectivity index (χ2n) is 5.57. The van der Waals surface area contributed by atoms with Crippen molar-refractivity contribution in [1.29, 1.82) is 0 Å². The van der Waals surface area contributed by atoms with E-state index in [9.17, 15) is 8.42 Å². The van der Waals surface area contributed by atoms with E-state index >= 15 is 0 Å². The molecule has 2 rings (SSSR count). The van der Waals surface area contributed by atoms with Gasteiger partial charge < -0.3 is 9.88 Å². The Morgan fingerprint density at radius 1 is 1.25 bits per heavy atom. The molecule has 0 unspecified atom stereocenters. The van der Waals surface area contributed by atoms with Crippen molar-refractivity contribution in [2.75, 3.05) is 12.0 Å². The average Bonchev–Trinajstić information content (AvgIpc) is 2.75. The molecule has 0 fully saturated rings. The van der Waals surface area contributed by atoms with Crippen LogP contribution < -0.4 is 5.32 Å². The fraction of sp³-hybridized carbons (Fsp3) is 0.467. The summed E-state index contributed by atoms with van der Waals surface area (Å²) in [6.45, 7) is 5.61. The predicted octanol–water partition coefficient (Wildman–Crippen LogP) is 2.18. The van der Waals surface area contributed by atoms with E-state index < -0.39 is 9.84 Å². The lowest BCUT2D eigenvalue weighted by molar-refractivity contribution is 0.589. The first-order valence-electron chi connectivity index (χ1n) is 6.84. The van der Waals surface area contributed by atoms with E-state index in [1.54, 1.807) is 0 Å². The second kappa shape index (κ2) is 5.97. The van der Waals surface area contributed by atoms with Gasteiger partial charge in [0.25, 0.3) is 0 Å². The van der Waals surface area contributed by atoms with E-state index in [1.165, 1.54) is 11.8 Å². The molecule has 5 heteroatoms. The number of hydrogen-bond acceptors (Lipinski definition) is 3. The van der Waals surface area contributed by atoms with Crippen molar-refractivity contribution >= 4 is 20.7 Å². The molecule has 1 N–H and O–H groups in total. The van der Waals surface area contributed by atoms with Crippen LogP contribution in [0.15, 0.2) is 30.5 Å². The van der Waals surface area contributed by atoms with Crippen LogP contribution in [-0.2, 0) is 22.9 Å². The Kier molecular flexibility index (Phi) is 4.50. The highest BCUT2D eigenvalue weighted by Crippen LogP contribution is 2.18. The first-order chi connectivity index (χ1) is 9.35. The van der Waals surface area contributed by atoms with Gasteiger partial charge in [0.1, 0.15) is 9.84 Å². The zero-order valence-corrected chi connectivity index (χ0v) is 13.1. The van der Waals surface area contributed by atoms with Crippen LogP contribution >= 0.6 is 0 Å². The molecular formula is C15H22N2O2S. The monoisotopic (exact) mass is 294 g/mol. The summed E-state index contributed by atoms with van der Waals surface area (Å²) < 4.78 is 24.5. The fourth-order valence-electron chi connectivity index (χ4n) is 2.14. The number of nitrogens with one attached hydrogen (secondary N) is 1. The molecular weight excluding hydrogens is 272 g/mol. The third-order valence-electron chi connectivity index (χ3n) is 3.25. The third-order valence-corrected chi connectivity index (χ3v) is 4.18. The number of fused-ring (bicyclic) bond motifs is 1. The molecule has 0 atom stereocenters. The SMILES string of the molecule is CC(C)NCc1ccc2c(ccn2CCS(C)(=O)=O)c1. The van der Waals surface area contributed by atoms with Crippen molar-refractivity contribution in [3.8, 4) is 0 Å². The normalized spacial score (nSPS) is 12.4. The predicted molar refractivity (Wildman–Crippen MR) is 83.6 cm³/mol. The van der Waals surface area contributed by atoms with Gasteiger partial charge in [-0.25, -0.2) is 8.42 Å². The summed E-state index contributed by atoms with van der Waals surface area (Å²) in [5, 5.41) is 4.55. The highest BCUT2D eigenvalue weighted by molar-refractivity contribution is 7.90. The maximum Gasteiger partial charge on any atom is 0.149 e. The standard InChI is InChI=1S/C15H22N2O2S/c1-12(2)16-11-13-4-5-15-14(10-13)6-7-17(15)8-9-20(3,18)19/h4-7,10,12,16H,8-9,11H2,1-3H3. The smallest absolute Gasteiger partial charge is 0.149 e. The van der Waals surface area contributed by atoms with Crippen LogP contribution in [0, 0.1) is 0 Å². The van der Waals surface area contributed by atoms with Crippen LogP contribution in [0.3, 0.4) is 0 Å². The lowest BCUT2D eigenvalue weighted by atomic mass is 10.1. The molecule has 4 nitrogen and oxygen atoms in total. The molecule has 0 aliphatic rings. The van der Waals surface area contributed by atoms with Crippen LogP contribution in [0.25, 0.3) is 10.9 Å². The van der Waals surface area contributed by atoms with E-state index in [-0.39, 0.29) is 5.75 Å². The summed E-state index contributed by atoms with van der Waals surface area (Å²) in [5.41, 5.74) is 2.33. The number of aryl methyl sites for hydroxylation is 1. The Morgan fingerprint density at radius 3 is 2.65 bits per heavy atom. The molecule has 0 aliphatic carbocycles. The first kappa shape index (κ1) is 15.1. The summed E-state index contributed by atoms with van der Waals surface area (Å²) >= 11 is 0. The van der Waals surface area contributed by atoms with E-state index in [0.29, 0.717) is 12.6 Å². The summed E-state index contributed by atoms with van der Waals surface area (Å²) in [6, 6.07) is 8.81. The average molecular weight is 294 g/mol. The Labute approximate surface area is 120 Å². The number of benzene rings is 1. The summed E-state index contributed by atoms with van der Waals surface area (Å²) in [5.74, 6) is 0.174. The number of hydrogen-bond donors (Lipinski definition) is 1. The van der Waals surface area contributed by atoms with Crippen molar-refractivity contribution in [2.24, 2.45) is 0 Å². The molecule has 0 amide bonds. The number of sulfone groups is 1. The van der Waals surface area contributed by atoms with Gasteiger partial charge in [0.15, 0.2) is 0 Å². The highest BCUT2D eigenvalue weighted by Gasteiger charge is 2.06. The maximum atomic E-state index is 11.2. The van der Waals surface area contributed by atoms with Gasteiger partial charge in [0, 0.05) is 37.1 Å². The van der Waals surface area contributed by atoms with Gasteiger partial charge in [0.2, 0.25) is 0 Å². The minimum absolute atomic E-state index is 0.174. The molecule has 0 saturated heterocycles. The van der Waals surface area contributed by atoms with Crippen molar-refractivity contribution in [1.82, 2.24) is 9.88 Å². The molecule has 110 valence electrons. The molecule has 0 radical (unpaired) electrons. The van der Waals surface area contributed by atoms with Crippen LogP contribution in [0.4, 0.5) is 0 Å². The van der Waals surface area contributed by atoms with Gasteiger partial charge in [0.05, 0.1) is 5.75 Å². The zero-order chi connectivity index (χ0) is 14.8. The Hall–Kier alpha value is -1.33. The Bertz CT molecular complexity index is 687. The maximum absolute atomic E-state index is 11.2. The minimum Gasteiger partial charge on any atom is -0.346 e. The Morgan fingerprint density at radius 2 is 2.00 bits per heavy atom. The quantitative estimate of drug-likeness (QED) is 0.888. The molecule has 20 heavy (non-hydrogen) atoms. The summed E-state index contributed by atoms with van der Waals surface area (Å²) in [6.07, 6.45) is 3.23. The minimum atomic E-state index is -2.93. The number of aromatic nitrogens is 1. The Balaban J connectivity index is 2.16. The molecule has 1 aromatic heterocycles. The van der Waals surface area contributed by atoms with E-state index in [0.717, 1.165) is 17.4 Å². The largest absolute Gasteiger partial charge is 0.346 e. The first-order valence-corrected chi connectivity index (χ1v) is 8.90. The summed E-state index contributed by atoms with van der Waals surface area (Å²) in [7, 11) is -2.93. The van der Waals surface area contributed by atoms with Crippen LogP contribution in [-0.4, -0.2) is 31.0 Å². The van der Waals surface area contributed by atoms with Crippen molar-refractivity contribution in [3.05, 3.63) is 36.0 Å². The topological polar surface area (TPSA) is 51.1 Å². The highest BCUT2D eigenvalue weighted by atomic mass is 32.2. The summed E-state index contributed by atoms with van der Waals surface area (Å²) in [4.78, 5) is 0. The van der Waals surface area contributed by atoms with Gasteiger partial charge in [-0.3, -0.25) is 0 Å². The van der Waals surface area contributed by atoms with Gasteiger partial charge in [-0.1, -0.05) is 19.9 Å². The van der Waals surface area contributed by atoms with E-state index in [4.69, 9.17) is 0 Å². The van der Waals surface area contributed by atoms with Crippen molar-refractivity contribution < 1.29 is 8.42 Å². The molecule has 1 heterocycles. The lowest BCUT2D eigenvalue weighted by Gasteiger charge is -2.09. The van der Waals surface area contributed by atoms with Crippen molar-refractivity contribution in [3.63, 3.8) is 0 Å². The lowest BCUT2D eigenvalue weighted by Crippen LogP contribution is -2.21. The number of nitrogens with zero attached hydrogens (tertiary/aromatic N) is 1. The fourth-order valence-corrected chi connectivity index (χ4v) is 2.67. The van der Waals surface area contributed by atoms with Crippen LogP contribution in [0.1, 0.15) is 19.4 Å². The number of rotatable bonds is 6. The molecule has 0 saturated carbocycles. The van der Waals surface area contributed by atoms with E-state index in [1.807, 2.05) is 16.8 Å². The molecule has 1 aromatic carbocycles. The van der Waals surface area contributed by atoms with Crippen molar-refractivity contribution in [2.45, 2.75) is 33.0 Å². The third kappa shape index (κ3) is 4.08.